The summed E-state index contributed by atoms with van der Waals surface area (Å²) in [4.78, 5) is 12.1. The van der Waals surface area contributed by atoms with Gasteiger partial charge in [0.1, 0.15) is 12.1 Å². The van der Waals surface area contributed by atoms with E-state index in [9.17, 15) is 4.79 Å². The highest BCUT2D eigenvalue weighted by molar-refractivity contribution is 6.00. The third-order valence-electron chi connectivity index (χ3n) is 3.83. The van der Waals surface area contributed by atoms with Crippen LogP contribution in [0, 0.1) is 13.8 Å². The predicted molar refractivity (Wildman–Crippen MR) is 93.8 cm³/mol. The van der Waals surface area contributed by atoms with Gasteiger partial charge in [-0.25, -0.2) is 10.1 Å². The fourth-order valence-electron chi connectivity index (χ4n) is 2.63. The minimum atomic E-state index is -0.241. The molecule has 0 bridgehead atoms. The number of fused-ring (bicyclic) bond motifs is 1. The standard InChI is InChI=1S/C18H19N5O/c1-12-8-9-15(13(2)10-12)14(3)19-21-18(24)11-23-17-7-5-4-6-16(17)20-22-23/h4-10H,11H2,1-3H3,(H,21,24)/b19-14+. The van der Waals surface area contributed by atoms with Gasteiger partial charge in [-0.2, -0.15) is 5.10 Å². The fraction of sp³-hybridized carbons (Fsp3) is 0.222. The van der Waals surface area contributed by atoms with Crippen molar-refractivity contribution in [2.75, 3.05) is 0 Å². The minimum Gasteiger partial charge on any atom is -0.271 e. The molecule has 0 saturated heterocycles. The van der Waals surface area contributed by atoms with Gasteiger partial charge in [0.25, 0.3) is 5.91 Å². The van der Waals surface area contributed by atoms with Crippen molar-refractivity contribution < 1.29 is 4.79 Å². The summed E-state index contributed by atoms with van der Waals surface area (Å²) in [6.07, 6.45) is 0. The maximum Gasteiger partial charge on any atom is 0.261 e. The van der Waals surface area contributed by atoms with E-state index in [1.54, 1.807) is 4.68 Å². The molecule has 24 heavy (non-hydrogen) atoms. The van der Waals surface area contributed by atoms with E-state index in [0.29, 0.717) is 0 Å². The van der Waals surface area contributed by atoms with E-state index in [2.05, 4.69) is 26.9 Å². The molecule has 0 radical (unpaired) electrons. The highest BCUT2D eigenvalue weighted by Crippen LogP contribution is 2.12. The largest absolute Gasteiger partial charge is 0.271 e. The molecular formula is C18H19N5O. The van der Waals surface area contributed by atoms with Crippen LogP contribution < -0.4 is 5.43 Å². The second kappa shape index (κ2) is 6.62. The molecule has 0 unspecified atom stereocenters. The van der Waals surface area contributed by atoms with E-state index in [0.717, 1.165) is 27.9 Å². The van der Waals surface area contributed by atoms with Crippen LogP contribution in [0.5, 0.6) is 0 Å². The van der Waals surface area contributed by atoms with E-state index >= 15 is 0 Å². The summed E-state index contributed by atoms with van der Waals surface area (Å²) in [5.74, 6) is -0.241. The van der Waals surface area contributed by atoms with Crippen molar-refractivity contribution >= 4 is 22.7 Å². The Morgan fingerprint density at radius 1 is 1.21 bits per heavy atom. The van der Waals surface area contributed by atoms with Gasteiger partial charge in [0.05, 0.1) is 11.2 Å². The number of para-hydroxylation sites is 1. The zero-order valence-corrected chi connectivity index (χ0v) is 13.9. The van der Waals surface area contributed by atoms with Crippen molar-refractivity contribution in [1.29, 1.82) is 0 Å². The number of nitrogens with one attached hydrogen (secondary N) is 1. The van der Waals surface area contributed by atoms with E-state index in [1.807, 2.05) is 57.2 Å². The van der Waals surface area contributed by atoms with E-state index in [-0.39, 0.29) is 12.5 Å². The summed E-state index contributed by atoms with van der Waals surface area (Å²) in [5, 5.41) is 12.2. The Balaban J connectivity index is 1.70. The summed E-state index contributed by atoms with van der Waals surface area (Å²) < 4.78 is 1.56. The molecule has 1 amide bonds. The van der Waals surface area contributed by atoms with E-state index in [1.165, 1.54) is 5.56 Å². The lowest BCUT2D eigenvalue weighted by Gasteiger charge is -2.07. The third-order valence-corrected chi connectivity index (χ3v) is 3.83. The van der Waals surface area contributed by atoms with Crippen molar-refractivity contribution in [2.24, 2.45) is 5.10 Å². The Morgan fingerprint density at radius 2 is 2.00 bits per heavy atom. The Bertz CT molecular complexity index is 926. The number of rotatable bonds is 4. The maximum absolute atomic E-state index is 12.1. The van der Waals surface area contributed by atoms with Crippen LogP contribution in [0.4, 0.5) is 0 Å². The zero-order chi connectivity index (χ0) is 17.1. The van der Waals surface area contributed by atoms with Gasteiger partial charge in [-0.15, -0.1) is 5.10 Å². The SMILES string of the molecule is C/C(=N\NC(=O)Cn1nnc2ccccc21)c1ccc(C)cc1C. The molecular weight excluding hydrogens is 302 g/mol. The molecule has 0 aliphatic heterocycles. The molecule has 1 N–H and O–H groups in total. The molecule has 0 fully saturated rings. The van der Waals surface area contributed by atoms with Crippen molar-refractivity contribution in [3.63, 3.8) is 0 Å². The first-order valence-electron chi connectivity index (χ1n) is 7.73. The average Bonchev–Trinajstić information content (AvgIpc) is 2.96. The lowest BCUT2D eigenvalue weighted by molar-refractivity contribution is -0.121. The van der Waals surface area contributed by atoms with Gasteiger partial charge in [-0.1, -0.05) is 41.1 Å². The number of nitrogens with zero attached hydrogens (tertiary/aromatic N) is 4. The van der Waals surface area contributed by atoms with Gasteiger partial charge >= 0.3 is 0 Å². The van der Waals surface area contributed by atoms with Crippen molar-refractivity contribution in [2.45, 2.75) is 27.3 Å². The van der Waals surface area contributed by atoms with Crippen LogP contribution in [0.15, 0.2) is 47.6 Å². The predicted octanol–water partition coefficient (Wildman–Crippen LogP) is 2.59. The summed E-state index contributed by atoms with van der Waals surface area (Å²) in [7, 11) is 0. The molecule has 0 saturated carbocycles. The van der Waals surface area contributed by atoms with Gasteiger partial charge in [-0.3, -0.25) is 4.79 Å². The highest BCUT2D eigenvalue weighted by Gasteiger charge is 2.08. The lowest BCUT2D eigenvalue weighted by Crippen LogP contribution is -2.25. The number of amides is 1. The smallest absolute Gasteiger partial charge is 0.261 e. The second-order valence-corrected chi connectivity index (χ2v) is 5.79. The molecule has 0 aliphatic carbocycles. The maximum atomic E-state index is 12.1. The van der Waals surface area contributed by atoms with Crippen LogP contribution in [-0.2, 0) is 11.3 Å². The number of aromatic nitrogens is 3. The highest BCUT2D eigenvalue weighted by atomic mass is 16.2. The molecule has 0 spiro atoms. The van der Waals surface area contributed by atoms with Crippen LogP contribution in [0.2, 0.25) is 0 Å². The number of carbonyl (C=O) groups is 1. The van der Waals surface area contributed by atoms with Crippen molar-refractivity contribution in [1.82, 2.24) is 20.4 Å². The van der Waals surface area contributed by atoms with Gasteiger partial charge < -0.3 is 0 Å². The molecule has 1 aromatic heterocycles. The van der Waals surface area contributed by atoms with Gasteiger partial charge in [0.15, 0.2) is 0 Å². The first-order valence-corrected chi connectivity index (χ1v) is 7.73. The van der Waals surface area contributed by atoms with Crippen molar-refractivity contribution in [3.05, 3.63) is 59.2 Å². The molecule has 6 nitrogen and oxygen atoms in total. The molecule has 0 atom stereocenters. The molecule has 122 valence electrons. The Morgan fingerprint density at radius 3 is 2.79 bits per heavy atom. The van der Waals surface area contributed by atoms with Gasteiger partial charge in [-0.05, 0) is 38.5 Å². The molecule has 1 heterocycles. The quantitative estimate of drug-likeness (QED) is 0.593. The number of carbonyl (C=O) groups excluding carboxylic acids is 1. The van der Waals surface area contributed by atoms with E-state index < -0.39 is 0 Å². The number of benzene rings is 2. The van der Waals surface area contributed by atoms with Crippen molar-refractivity contribution in [3.8, 4) is 0 Å². The summed E-state index contributed by atoms with van der Waals surface area (Å²) in [6.45, 7) is 6.03. The molecule has 3 aromatic rings. The number of hydrazone groups is 1. The lowest BCUT2D eigenvalue weighted by atomic mass is 10.0. The van der Waals surface area contributed by atoms with Crippen LogP contribution in [-0.4, -0.2) is 26.6 Å². The fourth-order valence-corrected chi connectivity index (χ4v) is 2.63. The zero-order valence-electron chi connectivity index (χ0n) is 13.9. The monoisotopic (exact) mass is 321 g/mol. The Kier molecular flexibility index (Phi) is 4.37. The third kappa shape index (κ3) is 3.32. The normalized spacial score (nSPS) is 11.7. The summed E-state index contributed by atoms with van der Waals surface area (Å²) in [6, 6.07) is 13.7. The molecule has 2 aromatic carbocycles. The second-order valence-electron chi connectivity index (χ2n) is 5.79. The number of hydrogen-bond acceptors (Lipinski definition) is 4. The summed E-state index contributed by atoms with van der Waals surface area (Å²) in [5.41, 5.74) is 8.29. The van der Waals surface area contributed by atoms with Crippen LogP contribution in [0.25, 0.3) is 11.0 Å². The molecule has 3 rings (SSSR count). The molecule has 0 aliphatic rings. The minimum absolute atomic E-state index is 0.0736. The van der Waals surface area contributed by atoms with Gasteiger partial charge in [0.2, 0.25) is 0 Å². The number of hydrogen-bond donors (Lipinski definition) is 1. The number of aryl methyl sites for hydroxylation is 2. The molecule has 6 heteroatoms. The van der Waals surface area contributed by atoms with Gasteiger partial charge in [0, 0.05) is 5.56 Å². The van der Waals surface area contributed by atoms with Crippen LogP contribution in [0.3, 0.4) is 0 Å². The average molecular weight is 321 g/mol. The van der Waals surface area contributed by atoms with Crippen LogP contribution >= 0.6 is 0 Å². The topological polar surface area (TPSA) is 72.2 Å². The Hall–Kier alpha value is -3.02. The van der Waals surface area contributed by atoms with E-state index in [4.69, 9.17) is 0 Å². The first kappa shape index (κ1) is 15.9. The summed E-state index contributed by atoms with van der Waals surface area (Å²) >= 11 is 0. The first-order chi connectivity index (χ1) is 11.5. The Labute approximate surface area is 140 Å². The van der Waals surface area contributed by atoms with Crippen LogP contribution in [0.1, 0.15) is 23.6 Å².